The molecule has 4 rings (SSSR count). The van der Waals surface area contributed by atoms with Crippen LogP contribution in [0.3, 0.4) is 0 Å². The van der Waals surface area contributed by atoms with E-state index in [1.807, 2.05) is 19.1 Å². The smallest absolute Gasteiger partial charge is 0.354 e. The minimum Gasteiger partial charge on any atom is -0.354 e. The molecule has 1 N–H and O–H groups in total. The summed E-state index contributed by atoms with van der Waals surface area (Å²) in [5.74, 6) is 0.861. The van der Waals surface area contributed by atoms with Crippen LogP contribution in [-0.2, 0) is 6.18 Å². The van der Waals surface area contributed by atoms with E-state index in [1.165, 1.54) is 6.07 Å². The van der Waals surface area contributed by atoms with Gasteiger partial charge in [-0.15, -0.1) is 0 Å². The van der Waals surface area contributed by atoms with Gasteiger partial charge in [0.05, 0.1) is 17.3 Å². The van der Waals surface area contributed by atoms with Gasteiger partial charge in [0.15, 0.2) is 0 Å². The van der Waals surface area contributed by atoms with Crippen LogP contribution in [0, 0.1) is 6.92 Å². The number of aromatic amines is 1. The van der Waals surface area contributed by atoms with Crippen molar-refractivity contribution in [2.45, 2.75) is 13.1 Å². The van der Waals surface area contributed by atoms with Crippen molar-refractivity contribution in [3.05, 3.63) is 41.7 Å². The number of pyridine rings is 1. The standard InChI is InChI=1S/C19H20F3N5/c1-12-14(3-4-18(24-12)27-7-5-26(2)6-8-27)15-9-13(19(20,21)22)10-17-16(15)11-23-25-17/h3-4,9-11H,5-8H2,1-2H3,(H,23,25). The lowest BCUT2D eigenvalue weighted by Crippen LogP contribution is -2.44. The number of fused-ring (bicyclic) bond motifs is 1. The van der Waals surface area contributed by atoms with Gasteiger partial charge in [-0.3, -0.25) is 5.10 Å². The van der Waals surface area contributed by atoms with Gasteiger partial charge in [-0.05, 0) is 43.8 Å². The third-order valence-electron chi connectivity index (χ3n) is 5.07. The Morgan fingerprint density at radius 2 is 1.78 bits per heavy atom. The molecule has 1 saturated heterocycles. The zero-order valence-electron chi connectivity index (χ0n) is 15.1. The number of benzene rings is 1. The second-order valence-corrected chi connectivity index (χ2v) is 6.95. The van der Waals surface area contributed by atoms with Crippen molar-refractivity contribution in [1.82, 2.24) is 20.1 Å². The molecule has 0 radical (unpaired) electrons. The molecule has 1 aliphatic rings. The van der Waals surface area contributed by atoms with Crippen molar-refractivity contribution >= 4 is 16.7 Å². The van der Waals surface area contributed by atoms with Crippen molar-refractivity contribution in [2.24, 2.45) is 0 Å². The van der Waals surface area contributed by atoms with Crippen LogP contribution in [0.1, 0.15) is 11.3 Å². The van der Waals surface area contributed by atoms with Gasteiger partial charge < -0.3 is 9.80 Å². The maximum atomic E-state index is 13.3. The van der Waals surface area contributed by atoms with Gasteiger partial charge in [0.2, 0.25) is 0 Å². The number of nitrogens with zero attached hydrogens (tertiary/aromatic N) is 4. The molecule has 0 aliphatic carbocycles. The Labute approximate surface area is 154 Å². The number of anilines is 1. The van der Waals surface area contributed by atoms with Gasteiger partial charge >= 0.3 is 6.18 Å². The van der Waals surface area contributed by atoms with Gasteiger partial charge in [0, 0.05) is 42.8 Å². The summed E-state index contributed by atoms with van der Waals surface area (Å²) >= 11 is 0. The molecule has 0 bridgehead atoms. The van der Waals surface area contributed by atoms with Crippen molar-refractivity contribution in [1.29, 1.82) is 0 Å². The monoisotopic (exact) mass is 375 g/mol. The summed E-state index contributed by atoms with van der Waals surface area (Å²) in [4.78, 5) is 9.14. The second kappa shape index (κ2) is 6.53. The lowest BCUT2D eigenvalue weighted by molar-refractivity contribution is -0.137. The number of likely N-dealkylation sites (N-methyl/N-ethyl adjacent to an activating group) is 1. The number of halogens is 3. The van der Waals surface area contributed by atoms with E-state index in [2.05, 4.69) is 32.0 Å². The van der Waals surface area contributed by atoms with E-state index in [1.54, 1.807) is 6.20 Å². The largest absolute Gasteiger partial charge is 0.416 e. The van der Waals surface area contributed by atoms with Gasteiger partial charge in [0.1, 0.15) is 5.82 Å². The minimum atomic E-state index is -4.42. The predicted molar refractivity (Wildman–Crippen MR) is 98.8 cm³/mol. The average molecular weight is 375 g/mol. The highest BCUT2D eigenvalue weighted by Gasteiger charge is 2.32. The molecule has 5 nitrogen and oxygen atoms in total. The molecule has 8 heteroatoms. The minimum absolute atomic E-state index is 0.363. The van der Waals surface area contributed by atoms with Crippen LogP contribution in [0.15, 0.2) is 30.5 Å². The molecule has 3 aromatic rings. The molecule has 142 valence electrons. The first kappa shape index (κ1) is 17.8. The summed E-state index contributed by atoms with van der Waals surface area (Å²) in [5, 5.41) is 7.21. The molecule has 2 aromatic heterocycles. The first-order valence-electron chi connectivity index (χ1n) is 8.79. The van der Waals surface area contributed by atoms with Gasteiger partial charge in [-0.25, -0.2) is 4.98 Å². The van der Waals surface area contributed by atoms with Crippen LogP contribution in [0.5, 0.6) is 0 Å². The molecule has 27 heavy (non-hydrogen) atoms. The molecule has 0 amide bonds. The van der Waals surface area contributed by atoms with Crippen LogP contribution in [0.4, 0.5) is 19.0 Å². The third-order valence-corrected chi connectivity index (χ3v) is 5.07. The molecule has 1 aliphatic heterocycles. The number of aryl methyl sites for hydroxylation is 1. The summed E-state index contributed by atoms with van der Waals surface area (Å²) in [6.07, 6.45) is -2.87. The Balaban J connectivity index is 1.76. The third kappa shape index (κ3) is 3.37. The Hall–Kier alpha value is -2.61. The normalized spacial score (nSPS) is 16.3. The van der Waals surface area contributed by atoms with Crippen molar-refractivity contribution in [3.8, 4) is 11.1 Å². The molecular weight excluding hydrogens is 355 g/mol. The molecule has 0 spiro atoms. The molecular formula is C19H20F3N5. The van der Waals surface area contributed by atoms with E-state index < -0.39 is 11.7 Å². The number of rotatable bonds is 2. The highest BCUT2D eigenvalue weighted by atomic mass is 19.4. The van der Waals surface area contributed by atoms with Crippen molar-refractivity contribution < 1.29 is 13.2 Å². The van der Waals surface area contributed by atoms with E-state index in [0.29, 0.717) is 27.7 Å². The maximum absolute atomic E-state index is 13.3. The molecule has 3 heterocycles. The molecule has 0 saturated carbocycles. The van der Waals surface area contributed by atoms with Crippen molar-refractivity contribution in [3.63, 3.8) is 0 Å². The van der Waals surface area contributed by atoms with Crippen LogP contribution < -0.4 is 4.90 Å². The van der Waals surface area contributed by atoms with E-state index in [9.17, 15) is 13.2 Å². The summed E-state index contributed by atoms with van der Waals surface area (Å²) in [5.41, 5.74) is 1.54. The summed E-state index contributed by atoms with van der Waals surface area (Å²) < 4.78 is 39.9. The van der Waals surface area contributed by atoms with Crippen LogP contribution in [0.25, 0.3) is 22.0 Å². The lowest BCUT2D eigenvalue weighted by atomic mass is 9.98. The number of nitrogens with one attached hydrogen (secondary N) is 1. The number of hydrogen-bond acceptors (Lipinski definition) is 4. The molecule has 0 atom stereocenters. The first-order valence-corrected chi connectivity index (χ1v) is 8.79. The molecule has 1 fully saturated rings. The van der Waals surface area contributed by atoms with E-state index in [-0.39, 0.29) is 0 Å². The van der Waals surface area contributed by atoms with Crippen LogP contribution in [0.2, 0.25) is 0 Å². The Morgan fingerprint density at radius 3 is 2.44 bits per heavy atom. The highest BCUT2D eigenvalue weighted by molar-refractivity contribution is 5.95. The Kier molecular flexibility index (Phi) is 4.30. The van der Waals surface area contributed by atoms with Crippen molar-refractivity contribution in [2.75, 3.05) is 38.1 Å². The summed E-state index contributed by atoms with van der Waals surface area (Å²) in [7, 11) is 2.09. The van der Waals surface area contributed by atoms with E-state index in [0.717, 1.165) is 38.1 Å². The summed E-state index contributed by atoms with van der Waals surface area (Å²) in [6.45, 7) is 5.54. The molecule has 0 unspecified atom stereocenters. The van der Waals surface area contributed by atoms with E-state index in [4.69, 9.17) is 0 Å². The highest BCUT2D eigenvalue weighted by Crippen LogP contribution is 2.37. The van der Waals surface area contributed by atoms with Crippen LogP contribution >= 0.6 is 0 Å². The number of alkyl halides is 3. The quantitative estimate of drug-likeness (QED) is 0.742. The SMILES string of the molecule is Cc1nc(N2CCN(C)CC2)ccc1-c1cc(C(F)(F)F)cc2[nH]ncc12. The Bertz CT molecular complexity index is 971. The second-order valence-electron chi connectivity index (χ2n) is 6.95. The molecule has 1 aromatic carbocycles. The average Bonchev–Trinajstić information content (AvgIpc) is 3.09. The number of hydrogen-bond donors (Lipinski definition) is 1. The fourth-order valence-electron chi connectivity index (χ4n) is 3.48. The van der Waals surface area contributed by atoms with Gasteiger partial charge in [0.25, 0.3) is 0 Å². The van der Waals surface area contributed by atoms with E-state index >= 15 is 0 Å². The summed E-state index contributed by atoms with van der Waals surface area (Å²) in [6, 6.07) is 6.02. The number of piperazine rings is 1. The first-order chi connectivity index (χ1) is 12.8. The fraction of sp³-hybridized carbons (Fsp3) is 0.368. The predicted octanol–water partition coefficient (Wildman–Crippen LogP) is 3.70. The van der Waals surface area contributed by atoms with Gasteiger partial charge in [-0.1, -0.05) is 0 Å². The van der Waals surface area contributed by atoms with Gasteiger partial charge in [-0.2, -0.15) is 18.3 Å². The topological polar surface area (TPSA) is 48.1 Å². The van der Waals surface area contributed by atoms with Crippen LogP contribution in [-0.4, -0.2) is 53.3 Å². The Morgan fingerprint density at radius 1 is 1.04 bits per heavy atom. The number of H-pyrrole nitrogens is 1. The fourth-order valence-corrected chi connectivity index (χ4v) is 3.48. The maximum Gasteiger partial charge on any atom is 0.416 e. The lowest BCUT2D eigenvalue weighted by Gasteiger charge is -2.33. The number of aromatic nitrogens is 3. The zero-order chi connectivity index (χ0) is 19.2. The zero-order valence-corrected chi connectivity index (χ0v) is 15.1.